The number of aromatic amines is 1. The van der Waals surface area contributed by atoms with Crippen LogP contribution in [0.25, 0.3) is 0 Å². The van der Waals surface area contributed by atoms with E-state index in [1.807, 2.05) is 18.4 Å². The van der Waals surface area contributed by atoms with E-state index in [1.54, 1.807) is 11.3 Å². The number of halogens is 2. The number of aryl methyl sites for hydroxylation is 1. The molecule has 0 amide bonds. The van der Waals surface area contributed by atoms with Crippen LogP contribution in [0.4, 0.5) is 0 Å². The Balaban J connectivity index is 0.00000176. The Hall–Kier alpha value is -1.57. The summed E-state index contributed by atoms with van der Waals surface area (Å²) in [5.74, 6) is 0.0823. The molecule has 1 aliphatic carbocycles. The zero-order chi connectivity index (χ0) is 15.0. The van der Waals surface area contributed by atoms with E-state index in [4.69, 9.17) is 22.7 Å². The van der Waals surface area contributed by atoms with Gasteiger partial charge in [-0.3, -0.25) is 10.5 Å². The molecule has 2 aromatic rings. The predicted molar refractivity (Wildman–Crippen MR) is 92.6 cm³/mol. The van der Waals surface area contributed by atoms with Crippen molar-refractivity contribution in [2.45, 2.75) is 25.7 Å². The van der Waals surface area contributed by atoms with Crippen LogP contribution in [0.15, 0.2) is 16.5 Å². The molecular weight excluding hydrogens is 343 g/mol. The van der Waals surface area contributed by atoms with Crippen LogP contribution in [0.5, 0.6) is 0 Å². The molecule has 0 saturated carbocycles. The molecular formula is C13H16Cl2N6S. The quantitative estimate of drug-likeness (QED) is 0.377. The highest BCUT2D eigenvalue weighted by Crippen LogP contribution is 2.39. The van der Waals surface area contributed by atoms with Crippen LogP contribution in [0.3, 0.4) is 0 Å². The van der Waals surface area contributed by atoms with E-state index in [0.29, 0.717) is 0 Å². The number of hydrogen-bond acceptors (Lipinski definition) is 4. The smallest absolute Gasteiger partial charge is 0.206 e. The first-order chi connectivity index (χ1) is 10.1. The van der Waals surface area contributed by atoms with Gasteiger partial charge in [-0.15, -0.1) is 23.7 Å². The molecule has 2 aromatic heterocycles. The van der Waals surface area contributed by atoms with E-state index in [2.05, 4.69) is 20.7 Å². The average Bonchev–Trinajstić information content (AvgIpc) is 3.02. The molecule has 118 valence electrons. The molecule has 6 nitrogen and oxygen atoms in total. The van der Waals surface area contributed by atoms with Crippen LogP contribution >= 0.6 is 35.3 Å². The van der Waals surface area contributed by atoms with Crippen molar-refractivity contribution in [3.8, 4) is 0 Å². The largest absolute Gasteiger partial charge is 0.369 e. The van der Waals surface area contributed by atoms with Gasteiger partial charge in [0.15, 0.2) is 0 Å². The van der Waals surface area contributed by atoms with Gasteiger partial charge in [-0.1, -0.05) is 11.6 Å². The van der Waals surface area contributed by atoms with E-state index < -0.39 is 0 Å². The zero-order valence-electron chi connectivity index (χ0n) is 11.8. The monoisotopic (exact) mass is 358 g/mol. The maximum atomic E-state index is 7.25. The van der Waals surface area contributed by atoms with E-state index in [-0.39, 0.29) is 24.3 Å². The van der Waals surface area contributed by atoms with E-state index in [1.165, 1.54) is 0 Å². The molecule has 0 spiro atoms. The second kappa shape index (κ2) is 6.68. The number of guanidine groups is 1. The lowest BCUT2D eigenvalue weighted by Gasteiger charge is -2.23. The summed E-state index contributed by atoms with van der Waals surface area (Å²) in [7, 11) is 0. The summed E-state index contributed by atoms with van der Waals surface area (Å²) in [5.41, 5.74) is 11.7. The Morgan fingerprint density at radius 1 is 1.59 bits per heavy atom. The summed E-state index contributed by atoms with van der Waals surface area (Å²) in [4.78, 5) is 1.16. The first-order valence-electron chi connectivity index (χ1n) is 6.50. The summed E-state index contributed by atoms with van der Waals surface area (Å²) >= 11 is 7.91. The summed E-state index contributed by atoms with van der Waals surface area (Å²) in [5, 5.41) is 21.6. The van der Waals surface area contributed by atoms with Crippen molar-refractivity contribution in [3.05, 3.63) is 38.3 Å². The van der Waals surface area contributed by atoms with Gasteiger partial charge in [-0.25, -0.2) is 5.43 Å². The molecule has 2 heterocycles. The standard InChI is InChI=1S/C13H15ClN6S.ClH/c1-6-11-9(18-17-6)4-7(12-8(14)2-3-21-12)5-10(11)19-20-13(15)16;/h2-3,7H,4-5H2,1H3,(H,17,18)(H4,15,16,20);1H. The molecule has 0 bridgehead atoms. The molecule has 3 rings (SSSR count). The fourth-order valence-corrected chi connectivity index (χ4v) is 3.99. The van der Waals surface area contributed by atoms with Gasteiger partial charge >= 0.3 is 0 Å². The predicted octanol–water partition coefficient (Wildman–Crippen LogP) is 2.77. The van der Waals surface area contributed by atoms with E-state index >= 15 is 0 Å². The number of thiophene rings is 1. The lowest BCUT2D eigenvalue weighted by atomic mass is 9.84. The Bertz CT molecular complexity index is 720. The average molecular weight is 359 g/mol. The minimum absolute atomic E-state index is 0. The third kappa shape index (κ3) is 3.11. The van der Waals surface area contributed by atoms with Gasteiger partial charge in [0.2, 0.25) is 5.96 Å². The van der Waals surface area contributed by atoms with Gasteiger partial charge in [0, 0.05) is 28.5 Å². The molecule has 5 N–H and O–H groups in total. The number of nitrogens with two attached hydrogens (primary N) is 1. The maximum absolute atomic E-state index is 7.25. The molecule has 22 heavy (non-hydrogen) atoms. The van der Waals surface area contributed by atoms with Gasteiger partial charge in [0.05, 0.1) is 16.4 Å². The fourth-order valence-electron chi connectivity index (χ4n) is 2.68. The third-order valence-corrected chi connectivity index (χ3v) is 5.05. The maximum Gasteiger partial charge on any atom is 0.206 e. The molecule has 0 saturated heterocycles. The summed E-state index contributed by atoms with van der Waals surface area (Å²) < 4.78 is 0. The van der Waals surface area contributed by atoms with Crippen LogP contribution in [-0.2, 0) is 6.42 Å². The van der Waals surface area contributed by atoms with Crippen LogP contribution in [0, 0.1) is 12.3 Å². The lowest BCUT2D eigenvalue weighted by molar-refractivity contribution is 0.689. The number of hydrogen-bond donors (Lipinski definition) is 4. The SMILES string of the molecule is Cc1n[nH]c2c1C(=NNC(=N)N)CC(c1sccc1Cl)C2.Cl. The molecule has 1 atom stereocenters. The second-order valence-electron chi connectivity index (χ2n) is 4.98. The Labute approximate surface area is 143 Å². The normalized spacial score (nSPS) is 18.6. The molecule has 1 unspecified atom stereocenters. The summed E-state index contributed by atoms with van der Waals surface area (Å²) in [6.45, 7) is 1.94. The summed E-state index contributed by atoms with van der Waals surface area (Å²) in [6.07, 6.45) is 1.60. The highest BCUT2D eigenvalue weighted by atomic mass is 35.5. The molecule has 0 fully saturated rings. The molecule has 0 aromatic carbocycles. The first-order valence-corrected chi connectivity index (χ1v) is 7.75. The van der Waals surface area contributed by atoms with E-state index in [0.717, 1.165) is 45.4 Å². The highest BCUT2D eigenvalue weighted by Gasteiger charge is 2.30. The number of rotatable bonds is 2. The van der Waals surface area contributed by atoms with Gasteiger partial charge < -0.3 is 5.73 Å². The topological polar surface area (TPSA) is 103 Å². The van der Waals surface area contributed by atoms with Crippen molar-refractivity contribution in [1.82, 2.24) is 15.6 Å². The molecule has 0 radical (unpaired) electrons. The molecule has 9 heteroatoms. The Morgan fingerprint density at radius 3 is 3.00 bits per heavy atom. The molecule has 1 aliphatic rings. The number of H-pyrrole nitrogens is 1. The van der Waals surface area contributed by atoms with Crippen molar-refractivity contribution in [3.63, 3.8) is 0 Å². The molecule has 0 aliphatic heterocycles. The summed E-state index contributed by atoms with van der Waals surface area (Å²) in [6, 6.07) is 1.92. The minimum Gasteiger partial charge on any atom is -0.369 e. The lowest BCUT2D eigenvalue weighted by Crippen LogP contribution is -2.29. The number of hydrazone groups is 1. The van der Waals surface area contributed by atoms with Gasteiger partial charge in [-0.05, 0) is 24.8 Å². The van der Waals surface area contributed by atoms with E-state index in [9.17, 15) is 0 Å². The minimum atomic E-state index is -0.179. The van der Waals surface area contributed by atoms with Gasteiger partial charge in [0.1, 0.15) is 0 Å². The van der Waals surface area contributed by atoms with Crippen molar-refractivity contribution >= 4 is 47.0 Å². The number of aromatic nitrogens is 2. The second-order valence-corrected chi connectivity index (χ2v) is 6.34. The van der Waals surface area contributed by atoms with Crippen molar-refractivity contribution < 1.29 is 0 Å². The van der Waals surface area contributed by atoms with Crippen molar-refractivity contribution in [1.29, 1.82) is 5.41 Å². The zero-order valence-corrected chi connectivity index (χ0v) is 14.2. The fraction of sp³-hybridized carbons (Fsp3) is 0.308. The van der Waals surface area contributed by atoms with Crippen LogP contribution < -0.4 is 11.2 Å². The first kappa shape index (κ1) is 16.8. The van der Waals surface area contributed by atoms with Crippen LogP contribution in [-0.4, -0.2) is 21.9 Å². The number of fused-ring (bicyclic) bond motifs is 1. The highest BCUT2D eigenvalue weighted by molar-refractivity contribution is 7.10. The number of nitrogens with zero attached hydrogens (tertiary/aromatic N) is 2. The third-order valence-electron chi connectivity index (χ3n) is 3.53. The van der Waals surface area contributed by atoms with Crippen LogP contribution in [0.1, 0.15) is 34.2 Å². The Morgan fingerprint density at radius 2 is 2.36 bits per heavy atom. The van der Waals surface area contributed by atoms with Gasteiger partial charge in [0.25, 0.3) is 0 Å². The number of nitrogens with one attached hydrogen (secondary N) is 3. The van der Waals surface area contributed by atoms with Gasteiger partial charge in [-0.2, -0.15) is 10.2 Å². The van der Waals surface area contributed by atoms with Crippen molar-refractivity contribution in [2.24, 2.45) is 10.8 Å². The van der Waals surface area contributed by atoms with Crippen molar-refractivity contribution in [2.75, 3.05) is 0 Å². The Kier molecular flexibility index (Phi) is 5.10. The van der Waals surface area contributed by atoms with Crippen LogP contribution in [0.2, 0.25) is 5.02 Å².